The molecule has 7 heteroatoms. The van der Waals surface area contributed by atoms with Crippen LogP contribution in [0.1, 0.15) is 24.3 Å². The Hall–Kier alpha value is -2.02. The minimum atomic E-state index is -0.998. The van der Waals surface area contributed by atoms with Gasteiger partial charge in [-0.25, -0.2) is 8.78 Å². The van der Waals surface area contributed by atoms with E-state index in [9.17, 15) is 18.4 Å². The molecule has 2 aliphatic rings. The number of carbonyl (C=O) groups excluding carboxylic acids is 1. The van der Waals surface area contributed by atoms with E-state index in [4.69, 9.17) is 9.84 Å². The van der Waals surface area contributed by atoms with Crippen molar-refractivity contribution in [1.29, 1.82) is 0 Å². The molecule has 1 aromatic rings. The summed E-state index contributed by atoms with van der Waals surface area (Å²) in [7, 11) is 0. The van der Waals surface area contributed by atoms with Gasteiger partial charge in [0.05, 0.1) is 25.7 Å². The maximum atomic E-state index is 13.8. The van der Waals surface area contributed by atoms with E-state index < -0.39 is 29.6 Å². The summed E-state index contributed by atoms with van der Waals surface area (Å²) in [6.45, 7) is 0.864. The molecule has 3 rings (SSSR count). The van der Waals surface area contributed by atoms with Crippen LogP contribution in [0.3, 0.4) is 0 Å². The van der Waals surface area contributed by atoms with E-state index in [1.54, 1.807) is 0 Å². The average Bonchev–Trinajstić information content (AvgIpc) is 3.29. The van der Waals surface area contributed by atoms with Gasteiger partial charge in [0.25, 0.3) is 0 Å². The average molecular weight is 325 g/mol. The second-order valence-corrected chi connectivity index (χ2v) is 5.97. The van der Waals surface area contributed by atoms with Crippen molar-refractivity contribution in [1.82, 2.24) is 4.90 Å². The number of carboxylic acids is 1. The molecule has 3 atom stereocenters. The van der Waals surface area contributed by atoms with Crippen LogP contribution in [-0.2, 0) is 14.3 Å². The smallest absolute Gasteiger partial charge is 0.305 e. The molecule has 1 N–H and O–H groups in total. The monoisotopic (exact) mass is 325 g/mol. The van der Waals surface area contributed by atoms with Gasteiger partial charge in [0.2, 0.25) is 5.91 Å². The minimum absolute atomic E-state index is 0.183. The highest BCUT2D eigenvalue weighted by molar-refractivity contribution is 5.84. The number of ether oxygens (including phenoxy) is 1. The van der Waals surface area contributed by atoms with Crippen LogP contribution in [0.25, 0.3) is 0 Å². The predicted molar refractivity (Wildman–Crippen MR) is 75.8 cm³/mol. The number of hydrogen-bond donors (Lipinski definition) is 1. The zero-order valence-electron chi connectivity index (χ0n) is 12.4. The third-order valence-corrected chi connectivity index (χ3v) is 4.39. The van der Waals surface area contributed by atoms with E-state index in [1.807, 2.05) is 0 Å². The lowest BCUT2D eigenvalue weighted by atomic mass is 10.1. The highest BCUT2D eigenvalue weighted by Crippen LogP contribution is 2.49. The first-order valence-electron chi connectivity index (χ1n) is 7.52. The van der Waals surface area contributed by atoms with Crippen LogP contribution in [0.4, 0.5) is 8.78 Å². The lowest BCUT2D eigenvalue weighted by molar-refractivity contribution is -0.147. The molecule has 1 heterocycles. The number of benzene rings is 1. The van der Waals surface area contributed by atoms with Gasteiger partial charge in [-0.05, 0) is 36.1 Å². The summed E-state index contributed by atoms with van der Waals surface area (Å²) >= 11 is 0. The Morgan fingerprint density at radius 1 is 1.35 bits per heavy atom. The lowest BCUT2D eigenvalue weighted by Crippen LogP contribution is -2.50. The number of hydrogen-bond acceptors (Lipinski definition) is 3. The van der Waals surface area contributed by atoms with Crippen molar-refractivity contribution in [2.45, 2.75) is 24.8 Å². The predicted octanol–water partition coefficient (Wildman–Crippen LogP) is 1.77. The Balaban J connectivity index is 1.71. The van der Waals surface area contributed by atoms with Gasteiger partial charge in [0.15, 0.2) is 0 Å². The van der Waals surface area contributed by atoms with Crippen LogP contribution in [-0.4, -0.2) is 47.7 Å². The number of carbonyl (C=O) groups is 2. The molecule has 124 valence electrons. The zero-order chi connectivity index (χ0) is 16.6. The number of halogens is 2. The second-order valence-electron chi connectivity index (χ2n) is 5.97. The van der Waals surface area contributed by atoms with Crippen LogP contribution < -0.4 is 0 Å². The van der Waals surface area contributed by atoms with E-state index in [0.29, 0.717) is 19.6 Å². The number of nitrogens with zero attached hydrogens (tertiary/aromatic N) is 1. The minimum Gasteiger partial charge on any atom is -0.481 e. The van der Waals surface area contributed by atoms with E-state index in [0.717, 1.165) is 18.2 Å². The molecule has 1 amide bonds. The largest absolute Gasteiger partial charge is 0.481 e. The summed E-state index contributed by atoms with van der Waals surface area (Å²) in [6.07, 6.45) is 0.272. The standard InChI is InChI=1S/C16H17F2NO4/c17-9-1-2-14(18)12(5-9)11-7-13(11)16(22)19-3-4-23-8-10(19)6-15(20)21/h1-2,5,10-11,13H,3-4,6-8H2,(H,20,21). The third kappa shape index (κ3) is 3.34. The molecular formula is C16H17F2NO4. The number of amides is 1. The summed E-state index contributed by atoms with van der Waals surface area (Å²) in [5, 5.41) is 8.93. The first-order valence-corrected chi connectivity index (χ1v) is 7.52. The quantitative estimate of drug-likeness (QED) is 0.916. The highest BCUT2D eigenvalue weighted by Gasteiger charge is 2.48. The van der Waals surface area contributed by atoms with Crippen LogP contribution in [0.5, 0.6) is 0 Å². The normalized spacial score (nSPS) is 26.9. The molecule has 1 aliphatic heterocycles. The molecule has 0 bridgehead atoms. The molecule has 0 aromatic heterocycles. The van der Waals surface area contributed by atoms with E-state index >= 15 is 0 Å². The van der Waals surface area contributed by atoms with Gasteiger partial charge in [0.1, 0.15) is 11.6 Å². The SMILES string of the molecule is O=C(O)CC1COCCN1C(=O)C1CC1c1cc(F)ccc1F. The van der Waals surface area contributed by atoms with Crippen LogP contribution in [0.2, 0.25) is 0 Å². The van der Waals surface area contributed by atoms with Crippen LogP contribution >= 0.6 is 0 Å². The van der Waals surface area contributed by atoms with Crippen LogP contribution in [0.15, 0.2) is 18.2 Å². The molecule has 5 nitrogen and oxygen atoms in total. The Kier molecular flexibility index (Phi) is 4.30. The zero-order valence-corrected chi connectivity index (χ0v) is 12.4. The van der Waals surface area contributed by atoms with Gasteiger partial charge >= 0.3 is 5.97 Å². The maximum Gasteiger partial charge on any atom is 0.305 e. The van der Waals surface area contributed by atoms with Crippen molar-refractivity contribution < 1.29 is 28.2 Å². The summed E-state index contributed by atoms with van der Waals surface area (Å²) in [5.74, 6) is -3.01. The van der Waals surface area contributed by atoms with E-state index in [1.165, 1.54) is 4.90 Å². The van der Waals surface area contributed by atoms with Gasteiger partial charge in [-0.2, -0.15) is 0 Å². The van der Waals surface area contributed by atoms with Crippen molar-refractivity contribution in [2.75, 3.05) is 19.8 Å². The van der Waals surface area contributed by atoms with E-state index in [2.05, 4.69) is 0 Å². The third-order valence-electron chi connectivity index (χ3n) is 4.39. The molecule has 0 spiro atoms. The number of aliphatic carboxylic acids is 1. The number of carboxylic acid groups (broad SMARTS) is 1. The molecule has 1 saturated carbocycles. The molecule has 1 aromatic carbocycles. The molecule has 23 heavy (non-hydrogen) atoms. The van der Waals surface area contributed by atoms with Gasteiger partial charge in [-0.1, -0.05) is 0 Å². The Labute approximate surface area is 131 Å². The van der Waals surface area contributed by atoms with Crippen molar-refractivity contribution >= 4 is 11.9 Å². The first kappa shape index (κ1) is 15.9. The fourth-order valence-corrected chi connectivity index (χ4v) is 3.14. The van der Waals surface area contributed by atoms with Crippen molar-refractivity contribution in [3.05, 3.63) is 35.4 Å². The molecule has 1 aliphatic carbocycles. The van der Waals surface area contributed by atoms with Crippen molar-refractivity contribution in [3.63, 3.8) is 0 Å². The topological polar surface area (TPSA) is 66.8 Å². The Morgan fingerprint density at radius 2 is 2.13 bits per heavy atom. The van der Waals surface area contributed by atoms with Gasteiger partial charge in [0, 0.05) is 12.5 Å². The first-order chi connectivity index (χ1) is 11.0. The fourth-order valence-electron chi connectivity index (χ4n) is 3.14. The lowest BCUT2D eigenvalue weighted by Gasteiger charge is -2.35. The number of rotatable bonds is 4. The molecular weight excluding hydrogens is 308 g/mol. The maximum absolute atomic E-state index is 13.8. The Bertz CT molecular complexity index is 637. The van der Waals surface area contributed by atoms with E-state index in [-0.39, 0.29) is 30.4 Å². The second kappa shape index (κ2) is 6.23. The number of morpholine rings is 1. The highest BCUT2D eigenvalue weighted by atomic mass is 19.1. The van der Waals surface area contributed by atoms with Gasteiger partial charge < -0.3 is 14.7 Å². The van der Waals surface area contributed by atoms with Crippen molar-refractivity contribution in [3.8, 4) is 0 Å². The van der Waals surface area contributed by atoms with Gasteiger partial charge in [-0.3, -0.25) is 9.59 Å². The molecule has 3 unspecified atom stereocenters. The molecule has 0 radical (unpaired) electrons. The summed E-state index contributed by atoms with van der Waals surface area (Å²) in [4.78, 5) is 25.0. The van der Waals surface area contributed by atoms with Crippen LogP contribution in [0, 0.1) is 17.6 Å². The summed E-state index contributed by atoms with van der Waals surface area (Å²) in [5.41, 5.74) is 0.214. The van der Waals surface area contributed by atoms with Crippen molar-refractivity contribution in [2.24, 2.45) is 5.92 Å². The fraction of sp³-hybridized carbons (Fsp3) is 0.500. The summed E-state index contributed by atoms with van der Waals surface area (Å²) < 4.78 is 32.3. The Morgan fingerprint density at radius 3 is 2.87 bits per heavy atom. The molecule has 2 fully saturated rings. The summed E-state index contributed by atoms with van der Waals surface area (Å²) in [6, 6.07) is 2.73. The van der Waals surface area contributed by atoms with Gasteiger partial charge in [-0.15, -0.1) is 0 Å². The molecule has 1 saturated heterocycles.